The fraction of sp³-hybridized carbons (Fsp3) is 0.200. The number of nitrogens with zero attached hydrogens (tertiary/aromatic N) is 2. The standard InChI is InChI=1S/C10H12N4O/c1-15-14-10-5-3-2-4-9(10)13-8(6-11)7-12/h2-5,14H,6,11H2,1H3/p+1. The zero-order valence-corrected chi connectivity index (χ0v) is 8.47. The van der Waals surface area contributed by atoms with Crippen molar-refractivity contribution in [3.05, 3.63) is 24.3 Å². The summed E-state index contributed by atoms with van der Waals surface area (Å²) in [6.07, 6.45) is 0. The molecule has 5 nitrogen and oxygen atoms in total. The lowest BCUT2D eigenvalue weighted by Crippen LogP contribution is -2.75. The highest BCUT2D eigenvalue weighted by Crippen LogP contribution is 2.19. The maximum atomic E-state index is 8.71. The summed E-state index contributed by atoms with van der Waals surface area (Å²) in [5, 5.41) is 8.71. The van der Waals surface area contributed by atoms with Gasteiger partial charge in [0, 0.05) is 12.6 Å². The first-order valence-electron chi connectivity index (χ1n) is 4.44. The molecule has 0 heterocycles. The number of benzene rings is 1. The van der Waals surface area contributed by atoms with Gasteiger partial charge in [0.2, 0.25) is 0 Å². The molecule has 0 aromatic heterocycles. The van der Waals surface area contributed by atoms with Gasteiger partial charge < -0.3 is 5.73 Å². The highest BCUT2D eigenvalue weighted by molar-refractivity contribution is 6.01. The van der Waals surface area contributed by atoms with Gasteiger partial charge in [-0.1, -0.05) is 12.1 Å². The number of para-hydroxylation sites is 1. The molecule has 0 atom stereocenters. The lowest BCUT2D eigenvalue weighted by Gasteiger charge is -2.00. The van der Waals surface area contributed by atoms with Crippen LogP contribution in [0.5, 0.6) is 0 Å². The van der Waals surface area contributed by atoms with Gasteiger partial charge in [-0.25, -0.2) is 9.83 Å². The Balaban J connectivity index is 3.03. The van der Waals surface area contributed by atoms with Crippen molar-refractivity contribution in [1.29, 1.82) is 5.26 Å². The van der Waals surface area contributed by atoms with E-state index in [2.05, 4.69) is 4.99 Å². The van der Waals surface area contributed by atoms with Crippen LogP contribution in [0.1, 0.15) is 0 Å². The molecule has 15 heavy (non-hydrogen) atoms. The van der Waals surface area contributed by atoms with Crippen molar-refractivity contribution in [1.82, 2.24) is 0 Å². The maximum absolute atomic E-state index is 8.71. The van der Waals surface area contributed by atoms with Gasteiger partial charge in [-0.3, -0.25) is 0 Å². The van der Waals surface area contributed by atoms with Crippen LogP contribution in [0.4, 0.5) is 11.4 Å². The van der Waals surface area contributed by atoms with E-state index in [9.17, 15) is 0 Å². The molecule has 1 aromatic carbocycles. The van der Waals surface area contributed by atoms with Gasteiger partial charge in [-0.05, 0) is 6.07 Å². The van der Waals surface area contributed by atoms with E-state index in [1.165, 1.54) is 0 Å². The molecule has 4 N–H and O–H groups in total. The van der Waals surface area contributed by atoms with Gasteiger partial charge in [-0.2, -0.15) is 10.7 Å². The topological polar surface area (TPSA) is 88.0 Å². The molecule has 0 radical (unpaired) electrons. The molecule has 0 saturated heterocycles. The molecule has 5 heteroatoms. The lowest BCUT2D eigenvalue weighted by molar-refractivity contribution is -0.829. The average molecular weight is 205 g/mol. The first-order chi connectivity index (χ1) is 7.31. The van der Waals surface area contributed by atoms with Crippen LogP contribution in [0.3, 0.4) is 0 Å². The molecule has 0 unspecified atom stereocenters. The Morgan fingerprint density at radius 2 is 2.33 bits per heavy atom. The smallest absolute Gasteiger partial charge is 0.187 e. The molecular formula is C10H13N4O+. The minimum atomic E-state index is 0.137. The van der Waals surface area contributed by atoms with Gasteiger partial charge >= 0.3 is 0 Å². The number of rotatable bonds is 4. The molecule has 1 rings (SSSR count). The summed E-state index contributed by atoms with van der Waals surface area (Å²) in [6, 6.07) is 9.32. The Morgan fingerprint density at radius 1 is 1.60 bits per heavy atom. The molecule has 0 aliphatic heterocycles. The zero-order chi connectivity index (χ0) is 11.1. The van der Waals surface area contributed by atoms with Crippen LogP contribution in [0.15, 0.2) is 29.3 Å². The molecule has 78 valence electrons. The molecule has 0 amide bonds. The van der Waals surface area contributed by atoms with Crippen LogP contribution in [0.25, 0.3) is 0 Å². The largest absolute Gasteiger partial charge is 0.325 e. The van der Waals surface area contributed by atoms with Crippen LogP contribution in [0.2, 0.25) is 0 Å². The normalized spacial score (nSPS) is 11.1. The summed E-state index contributed by atoms with van der Waals surface area (Å²) in [7, 11) is 1.56. The minimum Gasteiger partial charge on any atom is -0.325 e. The predicted molar refractivity (Wildman–Crippen MR) is 56.8 cm³/mol. The summed E-state index contributed by atoms with van der Waals surface area (Å²) in [5.74, 6) is 0. The lowest BCUT2D eigenvalue weighted by atomic mass is 10.2. The van der Waals surface area contributed by atoms with E-state index in [1.54, 1.807) is 18.7 Å². The van der Waals surface area contributed by atoms with E-state index in [4.69, 9.17) is 15.8 Å². The summed E-state index contributed by atoms with van der Waals surface area (Å²) < 4.78 is 0. The molecule has 0 spiro atoms. The van der Waals surface area contributed by atoms with E-state index in [0.717, 1.165) is 5.69 Å². The molecule has 0 saturated carbocycles. The number of hydrogen-bond acceptors (Lipinski definition) is 4. The number of hydrogen-bond donors (Lipinski definition) is 2. The molecule has 0 bridgehead atoms. The predicted octanol–water partition coefficient (Wildman–Crippen LogP) is -0.00232. The van der Waals surface area contributed by atoms with E-state index in [0.29, 0.717) is 11.4 Å². The quantitative estimate of drug-likeness (QED) is 0.412. The summed E-state index contributed by atoms with van der Waals surface area (Å²) >= 11 is 0. The van der Waals surface area contributed by atoms with Crippen molar-refractivity contribution in [2.24, 2.45) is 10.7 Å². The van der Waals surface area contributed by atoms with Crippen molar-refractivity contribution in [2.75, 3.05) is 13.7 Å². The number of nitriles is 1. The van der Waals surface area contributed by atoms with Gasteiger partial charge in [0.15, 0.2) is 5.69 Å². The molecule has 0 aliphatic carbocycles. The van der Waals surface area contributed by atoms with Gasteiger partial charge in [-0.15, -0.1) is 0 Å². The van der Waals surface area contributed by atoms with Crippen molar-refractivity contribution in [2.45, 2.75) is 0 Å². The van der Waals surface area contributed by atoms with Crippen LogP contribution in [0, 0.1) is 11.3 Å². The van der Waals surface area contributed by atoms with Crippen molar-refractivity contribution < 1.29 is 10.3 Å². The molecule has 1 aromatic rings. The van der Waals surface area contributed by atoms with E-state index in [1.807, 2.05) is 24.3 Å². The Kier molecular flexibility index (Phi) is 4.44. The van der Waals surface area contributed by atoms with Gasteiger partial charge in [0.05, 0.1) is 7.11 Å². The summed E-state index contributed by atoms with van der Waals surface area (Å²) in [5.41, 5.74) is 8.73. The van der Waals surface area contributed by atoms with Gasteiger partial charge in [0.1, 0.15) is 17.5 Å². The summed E-state index contributed by atoms with van der Waals surface area (Å²) in [4.78, 5) is 9.04. The number of aliphatic imine (C=N–C) groups is 1. The second kappa shape index (κ2) is 5.88. The van der Waals surface area contributed by atoms with Crippen molar-refractivity contribution in [3.8, 4) is 6.07 Å². The highest BCUT2D eigenvalue weighted by Gasteiger charge is 2.05. The van der Waals surface area contributed by atoms with Crippen molar-refractivity contribution >= 4 is 17.1 Å². The average Bonchev–Trinajstić information content (AvgIpc) is 2.28. The zero-order valence-electron chi connectivity index (χ0n) is 8.47. The molecule has 0 fully saturated rings. The van der Waals surface area contributed by atoms with Crippen LogP contribution in [-0.4, -0.2) is 19.4 Å². The first-order valence-corrected chi connectivity index (χ1v) is 4.44. The van der Waals surface area contributed by atoms with Crippen LogP contribution >= 0.6 is 0 Å². The number of nitrogens with two attached hydrogens (primary N) is 2. The van der Waals surface area contributed by atoms with Crippen LogP contribution < -0.4 is 11.2 Å². The van der Waals surface area contributed by atoms with Gasteiger partial charge in [0.25, 0.3) is 0 Å². The summed E-state index contributed by atoms with van der Waals surface area (Å²) in [6.45, 7) is 0.137. The van der Waals surface area contributed by atoms with E-state index in [-0.39, 0.29) is 6.54 Å². The van der Waals surface area contributed by atoms with E-state index >= 15 is 0 Å². The van der Waals surface area contributed by atoms with E-state index < -0.39 is 0 Å². The maximum Gasteiger partial charge on any atom is 0.187 e. The first kappa shape index (κ1) is 11.3. The third kappa shape index (κ3) is 3.14. The Bertz CT molecular complexity index is 395. The molecule has 0 aliphatic rings. The fourth-order valence-corrected chi connectivity index (χ4v) is 1.08. The SMILES string of the molecule is CO[NH2+]c1ccccc1N=C(C#N)CN. The highest BCUT2D eigenvalue weighted by atomic mass is 16.6. The minimum absolute atomic E-state index is 0.137. The Labute approximate surface area is 88.1 Å². The van der Waals surface area contributed by atoms with Crippen molar-refractivity contribution in [3.63, 3.8) is 0 Å². The molecular weight excluding hydrogens is 192 g/mol. The second-order valence-corrected chi connectivity index (χ2v) is 2.79. The third-order valence-electron chi connectivity index (χ3n) is 1.76. The Morgan fingerprint density at radius 3 is 2.93 bits per heavy atom. The second-order valence-electron chi connectivity index (χ2n) is 2.79. The third-order valence-corrected chi connectivity index (χ3v) is 1.76. The number of quaternary nitrogens is 1. The monoisotopic (exact) mass is 205 g/mol. The fourth-order valence-electron chi connectivity index (χ4n) is 1.08. The van der Waals surface area contributed by atoms with Crippen LogP contribution in [-0.2, 0) is 4.84 Å². The Hall–Kier alpha value is -1.74.